The van der Waals surface area contributed by atoms with Gasteiger partial charge in [0.1, 0.15) is 6.61 Å². The molecule has 0 atom stereocenters. The monoisotopic (exact) mass is 363 g/mol. The third kappa shape index (κ3) is 5.21. The van der Waals surface area contributed by atoms with E-state index >= 15 is 0 Å². The molecule has 25 heavy (non-hydrogen) atoms. The van der Waals surface area contributed by atoms with Gasteiger partial charge in [-0.2, -0.15) is 0 Å². The first kappa shape index (κ1) is 19.3. The van der Waals surface area contributed by atoms with Crippen molar-refractivity contribution in [3.63, 3.8) is 0 Å². The molecule has 0 saturated heterocycles. The summed E-state index contributed by atoms with van der Waals surface area (Å²) in [6.45, 7) is 6.64. The zero-order chi connectivity index (χ0) is 18.5. The standard InChI is InChI=1S/C19H25NO4S/c1-19(2,3)15-9-11-16(12-10-15)25(21,22)20-13-14-24-18-8-6-5-7-17(18)23-4/h5-12,20H,13-14H2,1-4H3. The van der Waals surface area contributed by atoms with Crippen LogP contribution in [0.4, 0.5) is 0 Å². The van der Waals surface area contributed by atoms with Gasteiger partial charge in [0.15, 0.2) is 11.5 Å². The van der Waals surface area contributed by atoms with Crippen molar-refractivity contribution in [3.8, 4) is 11.5 Å². The number of hydrogen-bond acceptors (Lipinski definition) is 4. The number of para-hydroxylation sites is 2. The summed E-state index contributed by atoms with van der Waals surface area (Å²) >= 11 is 0. The molecule has 6 heteroatoms. The molecule has 0 aliphatic carbocycles. The minimum absolute atomic E-state index is 0.0156. The van der Waals surface area contributed by atoms with Crippen LogP contribution in [0.2, 0.25) is 0 Å². The van der Waals surface area contributed by atoms with Gasteiger partial charge in [0.2, 0.25) is 10.0 Å². The van der Waals surface area contributed by atoms with Crippen LogP contribution in [-0.4, -0.2) is 28.7 Å². The number of sulfonamides is 1. The molecular weight excluding hydrogens is 338 g/mol. The first-order valence-electron chi connectivity index (χ1n) is 8.10. The summed E-state index contributed by atoms with van der Waals surface area (Å²) in [5, 5.41) is 0. The smallest absolute Gasteiger partial charge is 0.240 e. The summed E-state index contributed by atoms with van der Waals surface area (Å²) in [6, 6.07) is 14.2. The maximum atomic E-state index is 12.3. The minimum Gasteiger partial charge on any atom is -0.493 e. The Balaban J connectivity index is 1.93. The highest BCUT2D eigenvalue weighted by molar-refractivity contribution is 7.89. The predicted molar refractivity (Wildman–Crippen MR) is 98.8 cm³/mol. The summed E-state index contributed by atoms with van der Waals surface area (Å²) in [6.07, 6.45) is 0. The SMILES string of the molecule is COc1ccccc1OCCNS(=O)(=O)c1ccc(C(C)(C)C)cc1. The fourth-order valence-electron chi connectivity index (χ4n) is 2.29. The lowest BCUT2D eigenvalue weighted by Gasteiger charge is -2.19. The van der Waals surface area contributed by atoms with Crippen LogP contribution in [0.1, 0.15) is 26.3 Å². The van der Waals surface area contributed by atoms with E-state index in [0.29, 0.717) is 11.5 Å². The Bertz CT molecular complexity index is 793. The van der Waals surface area contributed by atoms with Crippen LogP contribution < -0.4 is 14.2 Å². The van der Waals surface area contributed by atoms with Gasteiger partial charge >= 0.3 is 0 Å². The third-order valence-corrected chi connectivity index (χ3v) is 5.23. The second kappa shape index (κ2) is 7.89. The molecule has 0 fully saturated rings. The van der Waals surface area contributed by atoms with Gasteiger partial charge in [0, 0.05) is 6.54 Å². The van der Waals surface area contributed by atoms with E-state index in [1.807, 2.05) is 24.3 Å². The van der Waals surface area contributed by atoms with Crippen LogP contribution in [0.5, 0.6) is 11.5 Å². The van der Waals surface area contributed by atoms with E-state index in [-0.39, 0.29) is 23.5 Å². The predicted octanol–water partition coefficient (Wildman–Crippen LogP) is 3.35. The average molecular weight is 363 g/mol. The van der Waals surface area contributed by atoms with E-state index in [4.69, 9.17) is 9.47 Å². The van der Waals surface area contributed by atoms with Gasteiger partial charge in [-0.05, 0) is 35.2 Å². The van der Waals surface area contributed by atoms with Crippen molar-refractivity contribution in [2.75, 3.05) is 20.3 Å². The maximum absolute atomic E-state index is 12.3. The highest BCUT2D eigenvalue weighted by atomic mass is 32.2. The van der Waals surface area contributed by atoms with Gasteiger partial charge in [-0.15, -0.1) is 0 Å². The Morgan fingerprint density at radius 3 is 2.12 bits per heavy atom. The van der Waals surface area contributed by atoms with Gasteiger partial charge in [0.05, 0.1) is 12.0 Å². The maximum Gasteiger partial charge on any atom is 0.240 e. The van der Waals surface area contributed by atoms with Crippen molar-refractivity contribution in [3.05, 3.63) is 54.1 Å². The van der Waals surface area contributed by atoms with Crippen LogP contribution in [-0.2, 0) is 15.4 Å². The van der Waals surface area contributed by atoms with Crippen LogP contribution in [0, 0.1) is 0 Å². The van der Waals surface area contributed by atoms with Crippen molar-refractivity contribution in [2.24, 2.45) is 0 Å². The summed E-state index contributed by atoms with van der Waals surface area (Å²) in [5.74, 6) is 1.20. The molecule has 5 nitrogen and oxygen atoms in total. The van der Waals surface area contributed by atoms with Gasteiger partial charge in [-0.25, -0.2) is 13.1 Å². The molecule has 2 aromatic rings. The number of rotatable bonds is 7. The lowest BCUT2D eigenvalue weighted by molar-refractivity contribution is 0.298. The molecule has 0 heterocycles. The zero-order valence-electron chi connectivity index (χ0n) is 15.1. The molecule has 0 unspecified atom stereocenters. The highest BCUT2D eigenvalue weighted by Crippen LogP contribution is 2.25. The minimum atomic E-state index is -3.55. The first-order valence-corrected chi connectivity index (χ1v) is 9.58. The fraction of sp³-hybridized carbons (Fsp3) is 0.368. The summed E-state index contributed by atoms with van der Waals surface area (Å²) < 4.78 is 38.0. The topological polar surface area (TPSA) is 64.6 Å². The van der Waals surface area contributed by atoms with Crippen LogP contribution >= 0.6 is 0 Å². The molecule has 0 amide bonds. The molecule has 0 saturated carbocycles. The summed E-state index contributed by atoms with van der Waals surface area (Å²) in [7, 11) is -1.99. The summed E-state index contributed by atoms with van der Waals surface area (Å²) in [5.41, 5.74) is 1.07. The number of ether oxygens (including phenoxy) is 2. The van der Waals surface area contributed by atoms with E-state index in [2.05, 4.69) is 25.5 Å². The van der Waals surface area contributed by atoms with Crippen LogP contribution in [0.3, 0.4) is 0 Å². The molecule has 0 aliphatic rings. The molecule has 0 aliphatic heterocycles. The normalized spacial score (nSPS) is 12.0. The van der Waals surface area contributed by atoms with Gasteiger partial charge in [-0.3, -0.25) is 0 Å². The van der Waals surface area contributed by atoms with Gasteiger partial charge in [-0.1, -0.05) is 45.0 Å². The van der Waals surface area contributed by atoms with E-state index < -0.39 is 10.0 Å². The Hall–Kier alpha value is -2.05. The van der Waals surface area contributed by atoms with Gasteiger partial charge < -0.3 is 9.47 Å². The molecule has 0 aromatic heterocycles. The van der Waals surface area contributed by atoms with E-state index in [9.17, 15) is 8.42 Å². The third-order valence-electron chi connectivity index (χ3n) is 3.75. The zero-order valence-corrected chi connectivity index (χ0v) is 15.9. The number of hydrogen-bond donors (Lipinski definition) is 1. The van der Waals surface area contributed by atoms with Crippen LogP contribution in [0.15, 0.2) is 53.4 Å². The number of nitrogens with one attached hydrogen (secondary N) is 1. The average Bonchev–Trinajstić information content (AvgIpc) is 2.58. The fourth-order valence-corrected chi connectivity index (χ4v) is 3.31. The molecule has 0 spiro atoms. The Morgan fingerprint density at radius 1 is 0.960 bits per heavy atom. The second-order valence-electron chi connectivity index (χ2n) is 6.67. The molecule has 0 bridgehead atoms. The van der Waals surface area contributed by atoms with Crippen molar-refractivity contribution < 1.29 is 17.9 Å². The lowest BCUT2D eigenvalue weighted by atomic mass is 9.87. The Kier molecular flexibility index (Phi) is 6.08. The largest absolute Gasteiger partial charge is 0.493 e. The van der Waals surface area contributed by atoms with Crippen molar-refractivity contribution in [1.29, 1.82) is 0 Å². The highest BCUT2D eigenvalue weighted by Gasteiger charge is 2.17. The molecule has 0 radical (unpaired) electrons. The van der Waals surface area contributed by atoms with E-state index in [0.717, 1.165) is 5.56 Å². The molecule has 2 rings (SSSR count). The van der Waals surface area contributed by atoms with Crippen molar-refractivity contribution >= 4 is 10.0 Å². The Labute approximate surface area is 150 Å². The number of benzene rings is 2. The molecule has 1 N–H and O–H groups in total. The van der Waals surface area contributed by atoms with Gasteiger partial charge in [0.25, 0.3) is 0 Å². The number of methoxy groups -OCH3 is 1. The first-order chi connectivity index (χ1) is 11.7. The molecular formula is C19H25NO4S. The van der Waals surface area contributed by atoms with E-state index in [1.165, 1.54) is 0 Å². The lowest BCUT2D eigenvalue weighted by Crippen LogP contribution is -2.28. The molecule has 136 valence electrons. The van der Waals surface area contributed by atoms with Crippen LogP contribution in [0.25, 0.3) is 0 Å². The second-order valence-corrected chi connectivity index (χ2v) is 8.44. The Morgan fingerprint density at radius 2 is 1.56 bits per heavy atom. The van der Waals surface area contributed by atoms with Crippen molar-refractivity contribution in [2.45, 2.75) is 31.1 Å². The van der Waals surface area contributed by atoms with Crippen molar-refractivity contribution in [1.82, 2.24) is 4.72 Å². The summed E-state index contributed by atoms with van der Waals surface area (Å²) in [4.78, 5) is 0.248. The molecule has 2 aromatic carbocycles. The van der Waals surface area contributed by atoms with E-state index in [1.54, 1.807) is 31.4 Å². The quantitative estimate of drug-likeness (QED) is 0.766.